The van der Waals surface area contributed by atoms with E-state index < -0.39 is 39.4 Å². The van der Waals surface area contributed by atoms with Crippen molar-refractivity contribution in [2.45, 2.75) is 24.5 Å². The number of aromatic nitrogens is 4. The van der Waals surface area contributed by atoms with E-state index in [1.165, 1.54) is 17.2 Å². The van der Waals surface area contributed by atoms with Crippen molar-refractivity contribution in [2.75, 3.05) is 18.9 Å². The van der Waals surface area contributed by atoms with Crippen molar-refractivity contribution in [1.82, 2.24) is 19.5 Å². The molecule has 11 nitrogen and oxygen atoms in total. The fourth-order valence-electron chi connectivity index (χ4n) is 2.69. The maximum absolute atomic E-state index is 11.1. The van der Waals surface area contributed by atoms with Crippen LogP contribution in [0.15, 0.2) is 12.7 Å². The zero-order chi connectivity index (χ0) is 18.0. The Kier molecular flexibility index (Phi) is 5.19. The molecule has 0 radical (unpaired) electrons. The second kappa shape index (κ2) is 7.37. The van der Waals surface area contributed by atoms with E-state index in [1.807, 2.05) is 0 Å². The predicted octanol–water partition coefficient (Wildman–Crippen LogP) is -0.649. The van der Waals surface area contributed by atoms with Crippen LogP contribution in [0.25, 0.3) is 11.2 Å². The molecule has 2 aromatic heterocycles. The summed E-state index contributed by atoms with van der Waals surface area (Å²) in [5.74, 6) is 2.50. The number of aliphatic hydroxyl groups excluding tert-OH is 1. The van der Waals surface area contributed by atoms with Gasteiger partial charge in [-0.1, -0.05) is 5.92 Å². The number of aliphatic hydroxyl groups is 1. The van der Waals surface area contributed by atoms with Crippen LogP contribution in [0, 0.1) is 12.3 Å². The first-order valence-corrected chi connectivity index (χ1v) is 8.27. The van der Waals surface area contributed by atoms with Gasteiger partial charge in [-0.05, 0) is 0 Å². The Balaban J connectivity index is 2.01. The van der Waals surface area contributed by atoms with E-state index in [2.05, 4.69) is 20.9 Å². The summed E-state index contributed by atoms with van der Waals surface area (Å²) < 4.78 is 28.9. The minimum absolute atomic E-state index is 0.0888. The SMILES string of the molecule is C#CCO[C@H]1C(O[P+](=O)O)[C@@H](CO)O[C@H]1n1cnc2c(N)ncnc21. The third-order valence-corrected chi connectivity index (χ3v) is 4.12. The lowest BCUT2D eigenvalue weighted by atomic mass is 10.1. The molecule has 5 atom stereocenters. The average molecular weight is 368 g/mol. The normalized spacial score (nSPS) is 26.7. The van der Waals surface area contributed by atoms with Gasteiger partial charge in [-0.3, -0.25) is 4.57 Å². The molecule has 3 rings (SSSR count). The average Bonchev–Trinajstić information content (AvgIpc) is 3.15. The molecule has 1 aliphatic rings. The molecule has 1 saturated heterocycles. The highest BCUT2D eigenvalue weighted by Gasteiger charge is 2.51. The van der Waals surface area contributed by atoms with Crippen LogP contribution in [0.4, 0.5) is 5.82 Å². The van der Waals surface area contributed by atoms with Gasteiger partial charge in [0.15, 0.2) is 23.8 Å². The van der Waals surface area contributed by atoms with Crippen LogP contribution in [-0.2, 0) is 18.6 Å². The lowest BCUT2D eigenvalue weighted by Crippen LogP contribution is -2.36. The van der Waals surface area contributed by atoms with Crippen LogP contribution in [0.1, 0.15) is 6.23 Å². The van der Waals surface area contributed by atoms with Crippen LogP contribution in [-0.4, -0.2) is 61.0 Å². The number of terminal acetylenes is 1. The second-order valence-electron chi connectivity index (χ2n) is 5.12. The number of anilines is 1. The molecule has 12 heteroatoms. The van der Waals surface area contributed by atoms with Gasteiger partial charge in [0.25, 0.3) is 0 Å². The van der Waals surface area contributed by atoms with Gasteiger partial charge in [-0.2, -0.15) is 0 Å². The second-order valence-corrected chi connectivity index (χ2v) is 5.80. The highest BCUT2D eigenvalue weighted by atomic mass is 31.1. The Labute approximate surface area is 142 Å². The summed E-state index contributed by atoms with van der Waals surface area (Å²) >= 11 is 0. The number of nitrogens with two attached hydrogens (primary N) is 1. The molecular formula is C13H15N5O6P+. The molecule has 0 spiro atoms. The Morgan fingerprint density at radius 3 is 2.92 bits per heavy atom. The van der Waals surface area contributed by atoms with Gasteiger partial charge in [0.1, 0.15) is 30.7 Å². The van der Waals surface area contributed by atoms with Gasteiger partial charge >= 0.3 is 8.25 Å². The Bertz CT molecular complexity index is 823. The summed E-state index contributed by atoms with van der Waals surface area (Å²) in [6.07, 6.45) is 4.25. The number of hydrogen-bond donors (Lipinski definition) is 3. The number of nitrogens with zero attached hydrogens (tertiary/aromatic N) is 4. The predicted molar refractivity (Wildman–Crippen MR) is 84.0 cm³/mol. The van der Waals surface area contributed by atoms with Crippen LogP contribution in [0.5, 0.6) is 0 Å². The molecular weight excluding hydrogens is 353 g/mol. The highest BCUT2D eigenvalue weighted by Crippen LogP contribution is 2.38. The zero-order valence-corrected chi connectivity index (χ0v) is 13.7. The minimum atomic E-state index is -2.94. The molecule has 2 unspecified atom stereocenters. The van der Waals surface area contributed by atoms with E-state index in [-0.39, 0.29) is 12.4 Å². The van der Waals surface area contributed by atoms with Crippen molar-refractivity contribution in [3.63, 3.8) is 0 Å². The van der Waals surface area contributed by atoms with Crippen molar-refractivity contribution < 1.29 is 28.6 Å². The van der Waals surface area contributed by atoms with Gasteiger partial charge in [0, 0.05) is 4.57 Å². The molecule has 0 amide bonds. The van der Waals surface area contributed by atoms with E-state index in [0.717, 1.165) is 0 Å². The first-order valence-electron chi connectivity index (χ1n) is 7.14. The maximum Gasteiger partial charge on any atom is 0.695 e. The molecule has 4 N–H and O–H groups in total. The van der Waals surface area contributed by atoms with Crippen molar-refractivity contribution in [3.8, 4) is 12.3 Å². The monoisotopic (exact) mass is 368 g/mol. The topological polar surface area (TPSA) is 155 Å². The van der Waals surface area contributed by atoms with Gasteiger partial charge in [-0.25, -0.2) is 15.0 Å². The molecule has 0 aromatic carbocycles. The highest BCUT2D eigenvalue weighted by molar-refractivity contribution is 7.32. The van der Waals surface area contributed by atoms with E-state index in [0.29, 0.717) is 11.2 Å². The summed E-state index contributed by atoms with van der Waals surface area (Å²) in [6, 6.07) is 0. The van der Waals surface area contributed by atoms with Crippen LogP contribution in [0.3, 0.4) is 0 Å². The van der Waals surface area contributed by atoms with E-state index in [1.54, 1.807) is 0 Å². The Morgan fingerprint density at radius 2 is 2.24 bits per heavy atom. The number of fused-ring (bicyclic) bond motifs is 1. The molecule has 0 bridgehead atoms. The first kappa shape index (κ1) is 17.6. The number of rotatable bonds is 6. The molecule has 25 heavy (non-hydrogen) atoms. The fraction of sp³-hybridized carbons (Fsp3) is 0.462. The van der Waals surface area contributed by atoms with Gasteiger partial charge in [-0.15, -0.1) is 15.8 Å². The summed E-state index contributed by atoms with van der Waals surface area (Å²) in [6.45, 7) is -0.543. The quantitative estimate of drug-likeness (QED) is 0.442. The molecule has 2 aromatic rings. The third kappa shape index (κ3) is 3.32. The summed E-state index contributed by atoms with van der Waals surface area (Å²) in [7, 11) is -2.94. The van der Waals surface area contributed by atoms with Crippen molar-refractivity contribution in [2.24, 2.45) is 0 Å². The standard InChI is InChI=1S/C13H14N5O6P/c1-2-3-22-10-9(24-25(20)21)7(4-19)23-13(10)18-6-17-8-11(14)15-5-16-12(8)18/h1,5-7,9-10,13,19H,3-4H2,(H2-,14,15,16,20,21)/p+1/t7-,9?,10+,13-/m1/s1. The van der Waals surface area contributed by atoms with Gasteiger partial charge in [0.05, 0.1) is 12.9 Å². The summed E-state index contributed by atoms with van der Waals surface area (Å²) in [4.78, 5) is 21.2. The largest absolute Gasteiger partial charge is 0.695 e. The zero-order valence-electron chi connectivity index (χ0n) is 12.8. The smallest absolute Gasteiger partial charge is 0.394 e. The maximum atomic E-state index is 11.1. The molecule has 3 heterocycles. The lowest BCUT2D eigenvalue weighted by Gasteiger charge is -2.20. The van der Waals surface area contributed by atoms with Gasteiger partial charge in [0.2, 0.25) is 0 Å². The third-order valence-electron chi connectivity index (χ3n) is 3.70. The first-order chi connectivity index (χ1) is 12.1. The lowest BCUT2D eigenvalue weighted by molar-refractivity contribution is -0.0635. The summed E-state index contributed by atoms with van der Waals surface area (Å²) in [5.41, 5.74) is 6.50. The van der Waals surface area contributed by atoms with Crippen molar-refractivity contribution >= 4 is 25.2 Å². The van der Waals surface area contributed by atoms with Crippen LogP contribution < -0.4 is 5.73 Å². The molecule has 132 valence electrons. The van der Waals surface area contributed by atoms with Crippen molar-refractivity contribution in [1.29, 1.82) is 0 Å². The fourth-order valence-corrected chi connectivity index (χ4v) is 3.15. The van der Waals surface area contributed by atoms with Crippen molar-refractivity contribution in [3.05, 3.63) is 12.7 Å². The molecule has 0 aliphatic carbocycles. The number of hydrogen-bond acceptors (Lipinski definition) is 9. The Morgan fingerprint density at radius 1 is 1.44 bits per heavy atom. The van der Waals surface area contributed by atoms with Crippen LogP contribution in [0.2, 0.25) is 0 Å². The number of imidazole rings is 1. The summed E-state index contributed by atoms with van der Waals surface area (Å²) in [5, 5.41) is 9.52. The van der Waals surface area contributed by atoms with E-state index >= 15 is 0 Å². The Hall–Kier alpha value is -2.19. The van der Waals surface area contributed by atoms with E-state index in [4.69, 9.17) is 31.0 Å². The minimum Gasteiger partial charge on any atom is -0.394 e. The van der Waals surface area contributed by atoms with Crippen LogP contribution >= 0.6 is 8.25 Å². The number of nitrogen functional groups attached to an aromatic ring is 1. The molecule has 0 saturated carbocycles. The van der Waals surface area contributed by atoms with Gasteiger partial charge < -0.3 is 20.3 Å². The number of ether oxygens (including phenoxy) is 2. The van der Waals surface area contributed by atoms with E-state index in [9.17, 15) is 9.67 Å². The molecule has 1 aliphatic heterocycles. The molecule has 1 fully saturated rings.